The van der Waals surface area contributed by atoms with Gasteiger partial charge >= 0.3 is 5.97 Å². The molecule has 30 heavy (non-hydrogen) atoms. The van der Waals surface area contributed by atoms with Crippen LogP contribution >= 0.6 is 11.3 Å². The van der Waals surface area contributed by atoms with E-state index in [4.69, 9.17) is 4.74 Å². The average molecular weight is 427 g/mol. The topological polar surface area (TPSA) is 77.7 Å². The number of hydrogen-bond donors (Lipinski definition) is 0. The van der Waals surface area contributed by atoms with Crippen LogP contribution in [0.25, 0.3) is 0 Å². The molecule has 1 aromatic heterocycles. The number of Topliss-reactive ketones (excluding diaryl/α,β-unsaturated/α-hetero) is 1. The summed E-state index contributed by atoms with van der Waals surface area (Å²) in [6.45, 7) is 2.30. The van der Waals surface area contributed by atoms with Gasteiger partial charge < -0.3 is 9.30 Å². The summed E-state index contributed by atoms with van der Waals surface area (Å²) in [4.78, 5) is 41.6. The maximum Gasteiger partial charge on any atom is 0.309 e. The molecule has 2 saturated carbocycles. The van der Waals surface area contributed by atoms with E-state index in [9.17, 15) is 14.4 Å². The molecule has 0 saturated heterocycles. The highest BCUT2D eigenvalue weighted by atomic mass is 32.1. The highest BCUT2D eigenvalue weighted by Gasteiger charge is 2.41. The third-order valence-electron chi connectivity index (χ3n) is 6.07. The molecule has 2 atom stereocenters. The first-order valence-electron chi connectivity index (χ1n) is 10.5. The monoisotopic (exact) mass is 426 g/mol. The van der Waals surface area contributed by atoms with Crippen molar-refractivity contribution in [2.45, 2.75) is 45.6 Å². The Morgan fingerprint density at radius 2 is 1.87 bits per heavy atom. The quantitative estimate of drug-likeness (QED) is 0.688. The molecule has 2 bridgehead atoms. The number of carbonyl (C=O) groups is 3. The van der Waals surface area contributed by atoms with E-state index in [-0.39, 0.29) is 30.3 Å². The van der Waals surface area contributed by atoms with Crippen LogP contribution in [0.2, 0.25) is 0 Å². The fourth-order valence-electron chi connectivity index (χ4n) is 4.46. The zero-order valence-corrected chi connectivity index (χ0v) is 17.9. The van der Waals surface area contributed by atoms with Crippen LogP contribution in [0.3, 0.4) is 0 Å². The van der Waals surface area contributed by atoms with Crippen LogP contribution in [0.15, 0.2) is 40.8 Å². The second-order valence-electron chi connectivity index (χ2n) is 8.31. The lowest BCUT2D eigenvalue weighted by molar-refractivity contribution is -0.156. The van der Waals surface area contributed by atoms with Gasteiger partial charge in [0.25, 0.3) is 5.91 Å². The Bertz CT molecular complexity index is 989. The standard InChI is InChI=1S/C23H26N2O4S/c1-15-5-7-16(8-6-15)13-25-9-10-30-23(25)24-20(26)14-29-22(28)19-11-17-3-2-4-18(12-19)21(17)27/h5-10,17-19H,2-4,11-14H2,1H3. The Morgan fingerprint density at radius 3 is 2.57 bits per heavy atom. The van der Waals surface area contributed by atoms with Crippen molar-refractivity contribution >= 4 is 29.0 Å². The number of nitrogens with zero attached hydrogens (tertiary/aromatic N) is 2. The van der Waals surface area contributed by atoms with E-state index in [1.54, 1.807) is 0 Å². The molecule has 2 aromatic rings. The molecular formula is C23H26N2O4S. The van der Waals surface area contributed by atoms with Crippen LogP contribution in [0.1, 0.15) is 43.2 Å². The average Bonchev–Trinajstić information content (AvgIpc) is 3.14. The molecule has 0 radical (unpaired) electrons. The van der Waals surface area contributed by atoms with E-state index in [0.29, 0.717) is 30.0 Å². The summed E-state index contributed by atoms with van der Waals surface area (Å²) in [7, 11) is 0. The minimum absolute atomic E-state index is 0.0118. The summed E-state index contributed by atoms with van der Waals surface area (Å²) in [5.41, 5.74) is 2.32. The second kappa shape index (κ2) is 9.08. The molecule has 1 amide bonds. The summed E-state index contributed by atoms with van der Waals surface area (Å²) >= 11 is 1.37. The van der Waals surface area contributed by atoms with E-state index >= 15 is 0 Å². The minimum atomic E-state index is -0.476. The van der Waals surface area contributed by atoms with Crippen molar-refractivity contribution < 1.29 is 19.1 Å². The van der Waals surface area contributed by atoms with E-state index in [0.717, 1.165) is 24.8 Å². The summed E-state index contributed by atoms with van der Waals surface area (Å²) < 4.78 is 7.17. The lowest BCUT2D eigenvalue weighted by atomic mass is 9.67. The Hall–Kier alpha value is -2.54. The number of esters is 1. The normalized spacial score (nSPS) is 24.0. The SMILES string of the molecule is Cc1ccc(Cn2ccsc2=NC(=O)COC(=O)C2CC3CCCC(C2)C3=O)cc1. The van der Waals surface area contributed by atoms with Gasteiger partial charge in [0.1, 0.15) is 5.78 Å². The van der Waals surface area contributed by atoms with Crippen molar-refractivity contribution in [3.8, 4) is 0 Å². The fourth-order valence-corrected chi connectivity index (χ4v) is 5.20. The number of fused-ring (bicyclic) bond motifs is 2. The van der Waals surface area contributed by atoms with Gasteiger partial charge in [-0.1, -0.05) is 36.2 Å². The second-order valence-corrected chi connectivity index (χ2v) is 9.18. The van der Waals surface area contributed by atoms with E-state index in [1.165, 1.54) is 16.9 Å². The third kappa shape index (κ3) is 4.78. The number of ketones is 1. The van der Waals surface area contributed by atoms with Crippen molar-refractivity contribution in [1.29, 1.82) is 0 Å². The summed E-state index contributed by atoms with van der Waals surface area (Å²) in [6.07, 6.45) is 5.80. The summed E-state index contributed by atoms with van der Waals surface area (Å²) in [5, 5.41) is 1.88. The number of benzene rings is 1. The first-order chi connectivity index (χ1) is 14.5. The molecule has 7 heteroatoms. The van der Waals surface area contributed by atoms with Gasteiger partial charge in [-0.05, 0) is 38.2 Å². The number of amides is 1. The number of ether oxygens (including phenoxy) is 1. The van der Waals surface area contributed by atoms with Crippen LogP contribution in [-0.4, -0.2) is 28.8 Å². The minimum Gasteiger partial charge on any atom is -0.455 e. The molecule has 2 aliphatic carbocycles. The van der Waals surface area contributed by atoms with Gasteiger partial charge in [0.15, 0.2) is 11.4 Å². The smallest absolute Gasteiger partial charge is 0.309 e. The van der Waals surface area contributed by atoms with Gasteiger partial charge in [0, 0.05) is 30.0 Å². The zero-order valence-electron chi connectivity index (χ0n) is 17.1. The summed E-state index contributed by atoms with van der Waals surface area (Å²) in [5.74, 6) is -0.840. The van der Waals surface area contributed by atoms with Gasteiger partial charge in [0.2, 0.25) is 0 Å². The van der Waals surface area contributed by atoms with Crippen molar-refractivity contribution in [2.75, 3.05) is 6.61 Å². The first-order valence-corrected chi connectivity index (χ1v) is 11.3. The molecule has 1 aromatic carbocycles. The number of hydrogen-bond acceptors (Lipinski definition) is 5. The van der Waals surface area contributed by atoms with Crippen molar-refractivity contribution in [3.05, 3.63) is 51.8 Å². The van der Waals surface area contributed by atoms with Crippen LogP contribution < -0.4 is 4.80 Å². The van der Waals surface area contributed by atoms with E-state index < -0.39 is 5.91 Å². The molecule has 2 aliphatic rings. The number of aryl methyl sites for hydroxylation is 1. The molecule has 0 spiro atoms. The van der Waals surface area contributed by atoms with Gasteiger partial charge in [-0.25, -0.2) is 0 Å². The Balaban J connectivity index is 1.34. The van der Waals surface area contributed by atoms with E-state index in [1.807, 2.05) is 23.1 Å². The van der Waals surface area contributed by atoms with Gasteiger partial charge in [0.05, 0.1) is 5.92 Å². The van der Waals surface area contributed by atoms with Crippen LogP contribution in [-0.2, 0) is 25.7 Å². The zero-order chi connectivity index (χ0) is 21.1. The molecule has 2 fully saturated rings. The Labute approximate surface area is 179 Å². The Morgan fingerprint density at radius 1 is 1.17 bits per heavy atom. The molecule has 1 heterocycles. The first kappa shape index (κ1) is 20.7. The predicted octanol–water partition coefficient (Wildman–Crippen LogP) is 3.27. The number of aromatic nitrogens is 1. The molecular weight excluding hydrogens is 400 g/mol. The van der Waals surface area contributed by atoms with Crippen LogP contribution in [0.5, 0.6) is 0 Å². The fraction of sp³-hybridized carbons (Fsp3) is 0.478. The number of thiazole rings is 1. The Kier molecular flexibility index (Phi) is 6.27. The maximum absolute atomic E-state index is 12.4. The van der Waals surface area contributed by atoms with Crippen molar-refractivity contribution in [1.82, 2.24) is 4.57 Å². The van der Waals surface area contributed by atoms with Gasteiger partial charge in [-0.15, -0.1) is 11.3 Å². The molecule has 0 aliphatic heterocycles. The van der Waals surface area contributed by atoms with Crippen LogP contribution in [0.4, 0.5) is 0 Å². The molecule has 158 valence electrons. The van der Waals surface area contributed by atoms with Crippen molar-refractivity contribution in [2.24, 2.45) is 22.7 Å². The lowest BCUT2D eigenvalue weighted by Gasteiger charge is -2.36. The molecule has 0 N–H and O–H groups in total. The molecule has 2 unspecified atom stereocenters. The molecule has 6 nitrogen and oxygen atoms in total. The highest BCUT2D eigenvalue weighted by molar-refractivity contribution is 7.07. The molecule has 4 rings (SSSR count). The van der Waals surface area contributed by atoms with Crippen molar-refractivity contribution in [3.63, 3.8) is 0 Å². The lowest BCUT2D eigenvalue weighted by Crippen LogP contribution is -2.39. The van der Waals surface area contributed by atoms with E-state index in [2.05, 4.69) is 29.3 Å². The summed E-state index contributed by atoms with van der Waals surface area (Å²) in [6, 6.07) is 8.21. The largest absolute Gasteiger partial charge is 0.455 e. The maximum atomic E-state index is 12.4. The predicted molar refractivity (Wildman–Crippen MR) is 113 cm³/mol. The third-order valence-corrected chi connectivity index (χ3v) is 6.87. The number of carbonyl (C=O) groups excluding carboxylic acids is 3. The highest BCUT2D eigenvalue weighted by Crippen LogP contribution is 2.40. The number of rotatable bonds is 5. The van der Waals surface area contributed by atoms with Crippen LogP contribution in [0, 0.1) is 24.7 Å². The van der Waals surface area contributed by atoms with Gasteiger partial charge in [-0.2, -0.15) is 4.99 Å². The van der Waals surface area contributed by atoms with Gasteiger partial charge in [-0.3, -0.25) is 14.4 Å².